The van der Waals surface area contributed by atoms with E-state index >= 15 is 0 Å². The minimum Gasteiger partial charge on any atom is -0.340 e. The van der Waals surface area contributed by atoms with Gasteiger partial charge < -0.3 is 14.6 Å². The van der Waals surface area contributed by atoms with Crippen LogP contribution in [0.1, 0.15) is 51.8 Å². The van der Waals surface area contributed by atoms with Crippen LogP contribution in [0.5, 0.6) is 0 Å². The standard InChI is InChI=1S/C26H28N6O/c1-17-8-11-31-16-23(30-24(31)12-17)26(33)32-10-5-7-20(15-32)22-14-21(13-19(3)28-22)29-25-18(2)6-4-9-27-25/h4,6,8-9,11-14,16,20H,5,7,10,15H2,1-3H3,(H,27,28,29)/t20-/m0/s1. The zero-order valence-electron chi connectivity index (χ0n) is 19.2. The minimum atomic E-state index is -0.0174. The number of anilines is 2. The number of carbonyl (C=O) groups is 1. The van der Waals surface area contributed by atoms with Crippen molar-refractivity contribution in [3.8, 4) is 0 Å². The normalized spacial score (nSPS) is 16.2. The third-order valence-electron chi connectivity index (χ3n) is 6.21. The summed E-state index contributed by atoms with van der Waals surface area (Å²) < 4.78 is 1.90. The topological polar surface area (TPSA) is 75.4 Å². The Hall–Kier alpha value is -3.74. The number of carbonyl (C=O) groups excluding carboxylic acids is 1. The molecule has 7 nitrogen and oxygen atoms in total. The number of hydrogen-bond donors (Lipinski definition) is 1. The SMILES string of the molecule is Cc1ccn2cc(C(=O)N3CCC[C@H](c4cc(Nc5ncccc5C)cc(C)n4)C3)nc2c1. The van der Waals surface area contributed by atoms with Crippen LogP contribution in [0.15, 0.2) is 55.0 Å². The molecule has 5 heterocycles. The van der Waals surface area contributed by atoms with Gasteiger partial charge in [-0.15, -0.1) is 0 Å². The van der Waals surface area contributed by atoms with Gasteiger partial charge in [0, 0.05) is 54.7 Å². The maximum absolute atomic E-state index is 13.3. The molecule has 1 amide bonds. The summed E-state index contributed by atoms with van der Waals surface area (Å²) in [7, 11) is 0. The van der Waals surface area contributed by atoms with Crippen LogP contribution in [-0.4, -0.2) is 43.2 Å². The number of hydrogen-bond acceptors (Lipinski definition) is 5. The highest BCUT2D eigenvalue weighted by molar-refractivity contribution is 5.93. The molecule has 0 unspecified atom stereocenters. The Bertz CT molecular complexity index is 1330. The van der Waals surface area contributed by atoms with Crippen LogP contribution in [0, 0.1) is 20.8 Å². The van der Waals surface area contributed by atoms with E-state index in [1.165, 1.54) is 0 Å². The van der Waals surface area contributed by atoms with E-state index in [0.29, 0.717) is 12.2 Å². The van der Waals surface area contributed by atoms with Crippen molar-refractivity contribution >= 4 is 23.1 Å². The Morgan fingerprint density at radius 3 is 2.85 bits per heavy atom. The molecule has 33 heavy (non-hydrogen) atoms. The fourth-order valence-corrected chi connectivity index (χ4v) is 4.48. The molecule has 1 aliphatic heterocycles. The van der Waals surface area contributed by atoms with Gasteiger partial charge in [0.25, 0.3) is 5.91 Å². The zero-order valence-corrected chi connectivity index (χ0v) is 19.2. The van der Waals surface area contributed by atoms with Crippen molar-refractivity contribution in [3.05, 3.63) is 83.2 Å². The second-order valence-electron chi connectivity index (χ2n) is 8.90. The van der Waals surface area contributed by atoms with Gasteiger partial charge in [-0.05, 0) is 75.1 Å². The van der Waals surface area contributed by atoms with Crippen molar-refractivity contribution in [2.45, 2.75) is 39.5 Å². The van der Waals surface area contributed by atoms with Gasteiger partial charge in [0.2, 0.25) is 0 Å². The van der Waals surface area contributed by atoms with E-state index < -0.39 is 0 Å². The Balaban J connectivity index is 1.36. The molecule has 7 heteroatoms. The zero-order chi connectivity index (χ0) is 22.9. The summed E-state index contributed by atoms with van der Waals surface area (Å²) in [5.74, 6) is 1.01. The minimum absolute atomic E-state index is 0.0174. The number of aryl methyl sites for hydroxylation is 3. The van der Waals surface area contributed by atoms with Gasteiger partial charge in [-0.2, -0.15) is 0 Å². The van der Waals surface area contributed by atoms with Crippen LogP contribution in [-0.2, 0) is 0 Å². The number of likely N-dealkylation sites (tertiary alicyclic amines) is 1. The molecule has 0 aromatic carbocycles. The molecule has 0 radical (unpaired) electrons. The third kappa shape index (κ3) is 4.44. The second-order valence-corrected chi connectivity index (χ2v) is 8.90. The molecule has 4 aromatic heterocycles. The Morgan fingerprint density at radius 2 is 2.00 bits per heavy atom. The molecule has 1 aliphatic rings. The second kappa shape index (κ2) is 8.65. The van der Waals surface area contributed by atoms with E-state index in [1.807, 2.05) is 72.8 Å². The first kappa shape index (κ1) is 21.1. The largest absolute Gasteiger partial charge is 0.340 e. The summed E-state index contributed by atoms with van der Waals surface area (Å²) in [4.78, 5) is 29.0. The van der Waals surface area contributed by atoms with E-state index in [2.05, 4.69) is 21.4 Å². The van der Waals surface area contributed by atoms with Crippen LogP contribution < -0.4 is 5.32 Å². The highest BCUT2D eigenvalue weighted by Gasteiger charge is 2.28. The molecule has 0 aliphatic carbocycles. The number of fused-ring (bicyclic) bond motifs is 1. The molecule has 1 fully saturated rings. The Labute approximate surface area is 193 Å². The van der Waals surface area contributed by atoms with Gasteiger partial charge >= 0.3 is 0 Å². The van der Waals surface area contributed by atoms with Crippen LogP contribution >= 0.6 is 0 Å². The molecule has 5 rings (SSSR count). The van der Waals surface area contributed by atoms with Crippen molar-refractivity contribution in [3.63, 3.8) is 0 Å². The Kier molecular flexibility index (Phi) is 5.54. The van der Waals surface area contributed by atoms with E-state index in [-0.39, 0.29) is 11.8 Å². The predicted molar refractivity (Wildman–Crippen MR) is 129 cm³/mol. The van der Waals surface area contributed by atoms with Crippen molar-refractivity contribution in [2.75, 3.05) is 18.4 Å². The van der Waals surface area contributed by atoms with Gasteiger partial charge in [0.05, 0.1) is 0 Å². The van der Waals surface area contributed by atoms with Gasteiger partial charge in [-0.3, -0.25) is 9.78 Å². The van der Waals surface area contributed by atoms with E-state index in [0.717, 1.165) is 59.1 Å². The number of aromatic nitrogens is 4. The average molecular weight is 441 g/mol. The smallest absolute Gasteiger partial charge is 0.274 e. The number of amides is 1. The summed E-state index contributed by atoms with van der Waals surface area (Å²) >= 11 is 0. The van der Waals surface area contributed by atoms with E-state index in [4.69, 9.17) is 4.98 Å². The fourth-order valence-electron chi connectivity index (χ4n) is 4.48. The molecule has 1 saturated heterocycles. The average Bonchev–Trinajstić information content (AvgIpc) is 3.23. The number of nitrogens with zero attached hydrogens (tertiary/aromatic N) is 5. The Morgan fingerprint density at radius 1 is 1.12 bits per heavy atom. The molecule has 1 atom stereocenters. The summed E-state index contributed by atoms with van der Waals surface area (Å²) in [5.41, 5.74) is 6.43. The highest BCUT2D eigenvalue weighted by atomic mass is 16.2. The van der Waals surface area contributed by atoms with Gasteiger partial charge in [0.1, 0.15) is 17.2 Å². The molecule has 1 N–H and O–H groups in total. The van der Waals surface area contributed by atoms with Crippen LogP contribution in [0.25, 0.3) is 5.65 Å². The summed E-state index contributed by atoms with van der Waals surface area (Å²) in [5, 5.41) is 3.43. The molecular weight excluding hydrogens is 412 g/mol. The number of pyridine rings is 3. The van der Waals surface area contributed by atoms with E-state index in [1.54, 1.807) is 6.20 Å². The lowest BCUT2D eigenvalue weighted by molar-refractivity contribution is 0.0700. The van der Waals surface area contributed by atoms with Gasteiger partial charge in [0.15, 0.2) is 0 Å². The van der Waals surface area contributed by atoms with Crippen molar-refractivity contribution < 1.29 is 4.79 Å². The van der Waals surface area contributed by atoms with E-state index in [9.17, 15) is 4.79 Å². The number of nitrogens with one attached hydrogen (secondary N) is 1. The first-order valence-corrected chi connectivity index (χ1v) is 11.4. The van der Waals surface area contributed by atoms with Crippen molar-refractivity contribution in [2.24, 2.45) is 0 Å². The lowest BCUT2D eigenvalue weighted by Gasteiger charge is -2.32. The maximum atomic E-state index is 13.3. The summed E-state index contributed by atoms with van der Waals surface area (Å²) in [6.45, 7) is 7.45. The fraction of sp³-hybridized carbons (Fsp3) is 0.308. The van der Waals surface area contributed by atoms with Crippen molar-refractivity contribution in [1.82, 2.24) is 24.3 Å². The molecule has 0 bridgehead atoms. The lowest BCUT2D eigenvalue weighted by Crippen LogP contribution is -2.39. The number of imidazole rings is 1. The predicted octanol–water partition coefficient (Wildman–Crippen LogP) is 4.81. The molecule has 168 valence electrons. The summed E-state index contributed by atoms with van der Waals surface area (Å²) in [6, 6.07) is 12.1. The van der Waals surface area contributed by atoms with Crippen LogP contribution in [0.2, 0.25) is 0 Å². The molecular formula is C26H28N6O. The van der Waals surface area contributed by atoms with Crippen LogP contribution in [0.3, 0.4) is 0 Å². The number of rotatable bonds is 4. The highest BCUT2D eigenvalue weighted by Crippen LogP contribution is 2.29. The molecule has 0 saturated carbocycles. The first-order chi connectivity index (χ1) is 16.0. The maximum Gasteiger partial charge on any atom is 0.274 e. The van der Waals surface area contributed by atoms with Crippen LogP contribution in [0.4, 0.5) is 11.5 Å². The van der Waals surface area contributed by atoms with Crippen molar-refractivity contribution in [1.29, 1.82) is 0 Å². The molecule has 4 aromatic rings. The van der Waals surface area contributed by atoms with Gasteiger partial charge in [-0.1, -0.05) is 6.07 Å². The lowest BCUT2D eigenvalue weighted by atomic mass is 9.93. The number of piperidine rings is 1. The quantitative estimate of drug-likeness (QED) is 0.493. The van der Waals surface area contributed by atoms with Gasteiger partial charge in [-0.25, -0.2) is 9.97 Å². The summed E-state index contributed by atoms with van der Waals surface area (Å²) in [6.07, 6.45) is 7.51. The third-order valence-corrected chi connectivity index (χ3v) is 6.21. The molecule has 0 spiro atoms. The monoisotopic (exact) mass is 440 g/mol. The first-order valence-electron chi connectivity index (χ1n) is 11.4.